The average molecular weight is 239 g/mol. The van der Waals surface area contributed by atoms with Crippen LogP contribution in [-0.2, 0) is 11.2 Å². The van der Waals surface area contributed by atoms with Crippen LogP contribution >= 0.6 is 0 Å². The SMILES string of the molecule is CNC(=O)Cc1coc2ccc3ccccc3c12. The zero-order chi connectivity index (χ0) is 12.5. The minimum atomic E-state index is -0.00867. The Labute approximate surface area is 104 Å². The van der Waals surface area contributed by atoms with E-state index in [-0.39, 0.29) is 5.91 Å². The molecule has 3 heteroatoms. The van der Waals surface area contributed by atoms with Crippen molar-refractivity contribution in [1.82, 2.24) is 5.32 Å². The van der Waals surface area contributed by atoms with Gasteiger partial charge >= 0.3 is 0 Å². The third kappa shape index (κ3) is 1.64. The smallest absolute Gasteiger partial charge is 0.224 e. The number of carbonyl (C=O) groups is 1. The Morgan fingerprint density at radius 1 is 1.22 bits per heavy atom. The zero-order valence-electron chi connectivity index (χ0n) is 10.1. The van der Waals surface area contributed by atoms with E-state index < -0.39 is 0 Å². The van der Waals surface area contributed by atoms with Gasteiger partial charge in [0.05, 0.1) is 12.7 Å². The standard InChI is InChI=1S/C15H13NO2/c1-16-14(17)8-11-9-18-13-7-6-10-4-2-3-5-12(10)15(11)13/h2-7,9H,8H2,1H3,(H,16,17). The number of carbonyl (C=O) groups excluding carboxylic acids is 1. The fourth-order valence-corrected chi connectivity index (χ4v) is 2.27. The van der Waals surface area contributed by atoms with Crippen LogP contribution in [0.2, 0.25) is 0 Å². The fraction of sp³-hybridized carbons (Fsp3) is 0.133. The molecule has 0 unspecified atom stereocenters. The van der Waals surface area contributed by atoms with Gasteiger partial charge in [0.1, 0.15) is 5.58 Å². The molecule has 90 valence electrons. The summed E-state index contributed by atoms with van der Waals surface area (Å²) in [7, 11) is 1.64. The molecule has 1 amide bonds. The van der Waals surface area contributed by atoms with Crippen LogP contribution in [0.1, 0.15) is 5.56 Å². The van der Waals surface area contributed by atoms with Gasteiger partial charge in [0.15, 0.2) is 0 Å². The van der Waals surface area contributed by atoms with Crippen molar-refractivity contribution in [2.45, 2.75) is 6.42 Å². The predicted molar refractivity (Wildman–Crippen MR) is 71.5 cm³/mol. The van der Waals surface area contributed by atoms with Gasteiger partial charge in [-0.25, -0.2) is 0 Å². The molecule has 1 aromatic heterocycles. The molecule has 0 saturated heterocycles. The Balaban J connectivity index is 2.27. The molecule has 0 aliphatic heterocycles. The molecule has 0 fully saturated rings. The summed E-state index contributed by atoms with van der Waals surface area (Å²) in [5.41, 5.74) is 1.76. The van der Waals surface area contributed by atoms with Crippen LogP contribution in [0.3, 0.4) is 0 Å². The molecule has 3 nitrogen and oxygen atoms in total. The van der Waals surface area contributed by atoms with Crippen molar-refractivity contribution in [3.63, 3.8) is 0 Å². The van der Waals surface area contributed by atoms with Gasteiger partial charge in [-0.1, -0.05) is 30.3 Å². The van der Waals surface area contributed by atoms with Gasteiger partial charge in [-0.05, 0) is 16.8 Å². The topological polar surface area (TPSA) is 42.2 Å². The van der Waals surface area contributed by atoms with Crippen molar-refractivity contribution in [2.75, 3.05) is 7.05 Å². The quantitative estimate of drug-likeness (QED) is 0.747. The van der Waals surface area contributed by atoms with Crippen LogP contribution in [0, 0.1) is 0 Å². The molecule has 3 rings (SSSR count). The molecule has 2 aromatic carbocycles. The number of benzene rings is 2. The highest BCUT2D eigenvalue weighted by Crippen LogP contribution is 2.29. The summed E-state index contributed by atoms with van der Waals surface area (Å²) in [5, 5.41) is 5.96. The minimum Gasteiger partial charge on any atom is -0.464 e. The molecule has 0 aliphatic rings. The molecule has 3 aromatic rings. The largest absolute Gasteiger partial charge is 0.464 e. The molecule has 0 atom stereocenters. The van der Waals surface area contributed by atoms with Crippen LogP contribution in [-0.4, -0.2) is 13.0 Å². The van der Waals surface area contributed by atoms with Crippen LogP contribution in [0.25, 0.3) is 21.7 Å². The van der Waals surface area contributed by atoms with E-state index >= 15 is 0 Å². The second-order valence-electron chi connectivity index (χ2n) is 4.27. The maximum absolute atomic E-state index is 11.5. The number of fused-ring (bicyclic) bond motifs is 3. The Hall–Kier alpha value is -2.29. The van der Waals surface area contributed by atoms with Gasteiger partial charge < -0.3 is 9.73 Å². The first-order chi connectivity index (χ1) is 8.79. The van der Waals surface area contributed by atoms with Crippen LogP contribution in [0.4, 0.5) is 0 Å². The van der Waals surface area contributed by atoms with Crippen LogP contribution in [0.15, 0.2) is 47.1 Å². The lowest BCUT2D eigenvalue weighted by atomic mass is 10.0. The maximum atomic E-state index is 11.5. The maximum Gasteiger partial charge on any atom is 0.224 e. The average Bonchev–Trinajstić information content (AvgIpc) is 2.82. The van der Waals surface area contributed by atoms with E-state index in [0.717, 1.165) is 27.3 Å². The highest BCUT2D eigenvalue weighted by Gasteiger charge is 2.11. The highest BCUT2D eigenvalue weighted by molar-refractivity contribution is 6.08. The Bertz CT molecular complexity index is 728. The monoisotopic (exact) mass is 239 g/mol. The van der Waals surface area contributed by atoms with Gasteiger partial charge in [0.25, 0.3) is 0 Å². The first-order valence-corrected chi connectivity index (χ1v) is 5.88. The Morgan fingerprint density at radius 3 is 2.89 bits per heavy atom. The van der Waals surface area contributed by atoms with Gasteiger partial charge in [-0.2, -0.15) is 0 Å². The molecule has 0 radical (unpaired) electrons. The van der Waals surface area contributed by atoms with Crippen molar-refractivity contribution in [1.29, 1.82) is 0 Å². The fourth-order valence-electron chi connectivity index (χ4n) is 2.27. The van der Waals surface area contributed by atoms with Crippen LogP contribution < -0.4 is 5.32 Å². The Kier molecular flexibility index (Phi) is 2.52. The van der Waals surface area contributed by atoms with Crippen LogP contribution in [0.5, 0.6) is 0 Å². The summed E-state index contributed by atoms with van der Waals surface area (Å²) in [6.07, 6.45) is 2.02. The number of amides is 1. The Morgan fingerprint density at radius 2 is 2.06 bits per heavy atom. The predicted octanol–water partition coefficient (Wildman–Crippen LogP) is 2.87. The molecular weight excluding hydrogens is 226 g/mol. The summed E-state index contributed by atoms with van der Waals surface area (Å²) >= 11 is 0. The minimum absolute atomic E-state index is 0.00867. The van der Waals surface area contributed by atoms with Gasteiger partial charge in [-0.15, -0.1) is 0 Å². The number of rotatable bonds is 2. The van der Waals surface area contributed by atoms with E-state index in [9.17, 15) is 4.79 Å². The second-order valence-corrected chi connectivity index (χ2v) is 4.27. The highest BCUT2D eigenvalue weighted by atomic mass is 16.3. The first kappa shape index (κ1) is 10.8. The summed E-state index contributed by atoms with van der Waals surface area (Å²) in [6.45, 7) is 0. The van der Waals surface area contributed by atoms with Gasteiger partial charge in [-0.3, -0.25) is 4.79 Å². The summed E-state index contributed by atoms with van der Waals surface area (Å²) in [4.78, 5) is 11.5. The van der Waals surface area contributed by atoms with E-state index in [4.69, 9.17) is 4.42 Å². The molecule has 0 spiro atoms. The summed E-state index contributed by atoms with van der Waals surface area (Å²) < 4.78 is 5.52. The summed E-state index contributed by atoms with van der Waals surface area (Å²) in [5.74, 6) is -0.00867. The van der Waals surface area contributed by atoms with E-state index in [1.165, 1.54) is 0 Å². The molecule has 1 N–H and O–H groups in total. The van der Waals surface area contributed by atoms with E-state index in [1.807, 2.05) is 24.3 Å². The third-order valence-electron chi connectivity index (χ3n) is 3.17. The normalized spacial score (nSPS) is 10.9. The second kappa shape index (κ2) is 4.18. The van der Waals surface area contributed by atoms with Crippen molar-refractivity contribution in [3.8, 4) is 0 Å². The lowest BCUT2D eigenvalue weighted by Gasteiger charge is -2.01. The van der Waals surface area contributed by atoms with E-state index in [0.29, 0.717) is 6.42 Å². The number of hydrogen-bond donors (Lipinski definition) is 1. The number of nitrogens with one attached hydrogen (secondary N) is 1. The molecule has 0 saturated carbocycles. The lowest BCUT2D eigenvalue weighted by molar-refractivity contribution is -0.119. The lowest BCUT2D eigenvalue weighted by Crippen LogP contribution is -2.19. The third-order valence-corrected chi connectivity index (χ3v) is 3.17. The number of furan rings is 1. The molecule has 1 heterocycles. The molecule has 0 aliphatic carbocycles. The van der Waals surface area contributed by atoms with Gasteiger partial charge in [0.2, 0.25) is 5.91 Å². The number of hydrogen-bond acceptors (Lipinski definition) is 2. The first-order valence-electron chi connectivity index (χ1n) is 5.88. The van der Waals surface area contributed by atoms with Gasteiger partial charge in [0, 0.05) is 18.0 Å². The summed E-state index contributed by atoms with van der Waals surface area (Å²) in [6, 6.07) is 12.1. The molecule has 0 bridgehead atoms. The van der Waals surface area contributed by atoms with Crippen molar-refractivity contribution in [3.05, 3.63) is 48.2 Å². The zero-order valence-corrected chi connectivity index (χ0v) is 10.1. The molecular formula is C15H13NO2. The number of likely N-dealkylation sites (N-methyl/N-ethyl adjacent to an activating group) is 1. The van der Waals surface area contributed by atoms with E-state index in [2.05, 4.69) is 17.4 Å². The van der Waals surface area contributed by atoms with Crippen molar-refractivity contribution in [2.24, 2.45) is 0 Å². The molecule has 18 heavy (non-hydrogen) atoms. The van der Waals surface area contributed by atoms with E-state index in [1.54, 1.807) is 13.3 Å². The van der Waals surface area contributed by atoms with Crippen molar-refractivity contribution < 1.29 is 9.21 Å². The van der Waals surface area contributed by atoms with Crippen molar-refractivity contribution >= 4 is 27.6 Å².